The van der Waals surface area contributed by atoms with Gasteiger partial charge in [-0.25, -0.2) is 4.39 Å². The fourth-order valence-electron chi connectivity index (χ4n) is 2.45. The van der Waals surface area contributed by atoms with Gasteiger partial charge in [0.15, 0.2) is 0 Å². The summed E-state index contributed by atoms with van der Waals surface area (Å²) in [6.07, 6.45) is 0. The molecule has 3 aromatic rings. The molecule has 2 N–H and O–H groups in total. The normalized spacial score (nSPS) is 10.1. The number of carbonyl (C=O) groups excluding carboxylic acids is 1. The molecule has 0 heterocycles. The summed E-state index contributed by atoms with van der Waals surface area (Å²) in [4.78, 5) is 12.2. The molecule has 0 radical (unpaired) electrons. The summed E-state index contributed by atoms with van der Waals surface area (Å²) < 4.78 is 24.1. The van der Waals surface area contributed by atoms with Gasteiger partial charge in [-0.1, -0.05) is 24.3 Å². The van der Waals surface area contributed by atoms with Crippen LogP contribution in [0.1, 0.15) is 0 Å². The maximum atomic E-state index is 13.2. The molecule has 1 amide bonds. The minimum absolute atomic E-state index is 0.00572. The third-order valence-electron chi connectivity index (χ3n) is 3.70. The minimum Gasteiger partial charge on any atom is -0.494 e. The zero-order valence-electron chi connectivity index (χ0n) is 14.7. The molecule has 138 valence electrons. The second-order valence-electron chi connectivity index (χ2n) is 5.69. The number of nitrogens with one attached hydrogen (secondary N) is 2. The average Bonchev–Trinajstić information content (AvgIpc) is 2.68. The van der Waals surface area contributed by atoms with E-state index in [1.54, 1.807) is 18.2 Å². The van der Waals surface area contributed by atoms with Crippen molar-refractivity contribution in [2.45, 2.75) is 0 Å². The number of amides is 1. The summed E-state index contributed by atoms with van der Waals surface area (Å²) in [5.74, 6) is 1.01. The Bertz CT molecular complexity index is 916. The fourth-order valence-corrected chi connectivity index (χ4v) is 2.45. The molecule has 0 aromatic heterocycles. The maximum Gasteiger partial charge on any atom is 0.243 e. The molecule has 0 fully saturated rings. The van der Waals surface area contributed by atoms with Crippen molar-refractivity contribution < 1.29 is 18.7 Å². The number of benzene rings is 3. The first kappa shape index (κ1) is 18.3. The highest BCUT2D eigenvalue weighted by Crippen LogP contribution is 2.25. The zero-order valence-corrected chi connectivity index (χ0v) is 14.7. The van der Waals surface area contributed by atoms with E-state index in [0.717, 1.165) is 0 Å². The van der Waals surface area contributed by atoms with Crippen LogP contribution in [0.15, 0.2) is 72.8 Å². The van der Waals surface area contributed by atoms with Crippen molar-refractivity contribution in [3.8, 4) is 17.2 Å². The van der Waals surface area contributed by atoms with E-state index in [1.165, 1.54) is 25.3 Å². The Morgan fingerprint density at radius 1 is 0.963 bits per heavy atom. The van der Waals surface area contributed by atoms with Crippen LogP contribution in [-0.4, -0.2) is 19.6 Å². The van der Waals surface area contributed by atoms with Crippen LogP contribution in [0.2, 0.25) is 0 Å². The Morgan fingerprint density at radius 3 is 2.52 bits per heavy atom. The third kappa shape index (κ3) is 5.22. The molecule has 0 aliphatic rings. The number of halogens is 1. The summed E-state index contributed by atoms with van der Waals surface area (Å²) >= 11 is 0. The van der Waals surface area contributed by atoms with Gasteiger partial charge in [-0.15, -0.1) is 0 Å². The monoisotopic (exact) mass is 366 g/mol. The lowest BCUT2D eigenvalue weighted by Crippen LogP contribution is -2.22. The van der Waals surface area contributed by atoms with Gasteiger partial charge in [0, 0.05) is 17.8 Å². The van der Waals surface area contributed by atoms with E-state index in [2.05, 4.69) is 10.6 Å². The van der Waals surface area contributed by atoms with Gasteiger partial charge in [0.1, 0.15) is 23.1 Å². The van der Waals surface area contributed by atoms with Crippen LogP contribution in [0.3, 0.4) is 0 Å². The predicted octanol–water partition coefficient (Wildman–Crippen LogP) is 4.68. The number of anilines is 2. The molecule has 27 heavy (non-hydrogen) atoms. The third-order valence-corrected chi connectivity index (χ3v) is 3.70. The van der Waals surface area contributed by atoms with Crippen molar-refractivity contribution >= 4 is 17.3 Å². The van der Waals surface area contributed by atoms with Crippen molar-refractivity contribution in [1.82, 2.24) is 0 Å². The predicted molar refractivity (Wildman–Crippen MR) is 103 cm³/mol. The van der Waals surface area contributed by atoms with Crippen molar-refractivity contribution in [3.63, 3.8) is 0 Å². The quantitative estimate of drug-likeness (QED) is 0.638. The van der Waals surface area contributed by atoms with Crippen molar-refractivity contribution in [1.29, 1.82) is 0 Å². The van der Waals surface area contributed by atoms with Crippen LogP contribution in [0.25, 0.3) is 0 Å². The fraction of sp³-hybridized carbons (Fsp3) is 0.0952. The maximum absolute atomic E-state index is 13.2. The summed E-state index contributed by atoms with van der Waals surface area (Å²) in [5, 5.41) is 5.72. The lowest BCUT2D eigenvalue weighted by atomic mass is 10.2. The Labute approximate surface area is 156 Å². The zero-order chi connectivity index (χ0) is 19.1. The van der Waals surface area contributed by atoms with Crippen molar-refractivity contribution in [3.05, 3.63) is 78.6 Å². The number of carbonyl (C=O) groups is 1. The Morgan fingerprint density at radius 2 is 1.74 bits per heavy atom. The van der Waals surface area contributed by atoms with E-state index in [0.29, 0.717) is 28.6 Å². The van der Waals surface area contributed by atoms with Gasteiger partial charge in [0.2, 0.25) is 5.91 Å². The molecule has 3 rings (SSSR count). The second kappa shape index (κ2) is 8.71. The molecule has 0 atom stereocenters. The minimum atomic E-state index is -0.405. The van der Waals surface area contributed by atoms with Gasteiger partial charge < -0.3 is 20.1 Å². The number of methoxy groups -OCH3 is 1. The van der Waals surface area contributed by atoms with Gasteiger partial charge >= 0.3 is 0 Å². The van der Waals surface area contributed by atoms with Gasteiger partial charge in [-0.3, -0.25) is 4.79 Å². The van der Waals surface area contributed by atoms with Crippen molar-refractivity contribution in [2.24, 2.45) is 0 Å². The molecule has 0 spiro atoms. The van der Waals surface area contributed by atoms with Crippen LogP contribution < -0.4 is 20.1 Å². The first-order valence-corrected chi connectivity index (χ1v) is 8.34. The highest BCUT2D eigenvalue weighted by atomic mass is 19.1. The molecule has 6 heteroatoms. The highest BCUT2D eigenvalue weighted by Gasteiger charge is 2.08. The topological polar surface area (TPSA) is 59.6 Å². The van der Waals surface area contributed by atoms with Crippen LogP contribution in [0, 0.1) is 5.82 Å². The summed E-state index contributed by atoms with van der Waals surface area (Å²) in [7, 11) is 1.44. The second-order valence-corrected chi connectivity index (χ2v) is 5.69. The molecule has 0 saturated heterocycles. The molecule has 0 aliphatic carbocycles. The van der Waals surface area contributed by atoms with Crippen LogP contribution >= 0.6 is 0 Å². The Kier molecular flexibility index (Phi) is 5.89. The molecule has 0 aliphatic heterocycles. The highest BCUT2D eigenvalue weighted by molar-refractivity contribution is 5.94. The lowest BCUT2D eigenvalue weighted by Gasteiger charge is -2.12. The van der Waals surface area contributed by atoms with Gasteiger partial charge in [0.05, 0.1) is 19.3 Å². The lowest BCUT2D eigenvalue weighted by molar-refractivity contribution is -0.114. The standard InChI is InChI=1S/C21H19FN2O3/c1-26-20-12-15(22)10-11-19(20)23-14-21(25)24-16-6-5-9-18(13-16)27-17-7-3-2-4-8-17/h2-13,23H,14H2,1H3,(H,24,25). The van der Waals surface area contributed by atoms with E-state index >= 15 is 0 Å². The molecule has 0 bridgehead atoms. The largest absolute Gasteiger partial charge is 0.494 e. The molecular weight excluding hydrogens is 347 g/mol. The van der Waals surface area contributed by atoms with E-state index in [4.69, 9.17) is 9.47 Å². The van der Waals surface area contributed by atoms with Crippen LogP contribution in [-0.2, 0) is 4.79 Å². The van der Waals surface area contributed by atoms with E-state index in [1.807, 2.05) is 36.4 Å². The SMILES string of the molecule is COc1cc(F)ccc1NCC(=O)Nc1cccc(Oc2ccccc2)c1. The summed E-state index contributed by atoms with van der Waals surface area (Å²) in [5.41, 5.74) is 1.15. The van der Waals surface area contributed by atoms with E-state index < -0.39 is 5.82 Å². The first-order chi connectivity index (χ1) is 13.1. The van der Waals surface area contributed by atoms with Gasteiger partial charge in [-0.2, -0.15) is 0 Å². The van der Waals surface area contributed by atoms with Crippen LogP contribution in [0.4, 0.5) is 15.8 Å². The number of rotatable bonds is 7. The van der Waals surface area contributed by atoms with Crippen LogP contribution in [0.5, 0.6) is 17.2 Å². The Balaban J connectivity index is 1.59. The Hall–Kier alpha value is -3.54. The number of hydrogen-bond donors (Lipinski definition) is 2. The summed E-state index contributed by atoms with van der Waals surface area (Å²) in [6.45, 7) is 0.00572. The van der Waals surface area contributed by atoms with Gasteiger partial charge in [0.25, 0.3) is 0 Å². The molecular formula is C21H19FN2O3. The number of para-hydroxylation sites is 1. The molecule has 0 unspecified atom stereocenters. The summed E-state index contributed by atoms with van der Waals surface area (Å²) in [6, 6.07) is 20.6. The molecule has 3 aromatic carbocycles. The number of hydrogen-bond acceptors (Lipinski definition) is 4. The smallest absolute Gasteiger partial charge is 0.243 e. The number of ether oxygens (including phenoxy) is 2. The average molecular weight is 366 g/mol. The molecule has 5 nitrogen and oxygen atoms in total. The van der Waals surface area contributed by atoms with E-state index in [9.17, 15) is 9.18 Å². The van der Waals surface area contributed by atoms with Crippen molar-refractivity contribution in [2.75, 3.05) is 24.3 Å². The van der Waals surface area contributed by atoms with E-state index in [-0.39, 0.29) is 12.5 Å². The van der Waals surface area contributed by atoms with Gasteiger partial charge in [-0.05, 0) is 36.4 Å². The molecule has 0 saturated carbocycles. The first-order valence-electron chi connectivity index (χ1n) is 8.34.